The average Bonchev–Trinajstić information content (AvgIpc) is 3.34. The first-order valence-corrected chi connectivity index (χ1v) is 12.8. The van der Waals surface area contributed by atoms with Gasteiger partial charge in [-0.05, 0) is 6.92 Å². The minimum absolute atomic E-state index is 0.0644. The van der Waals surface area contributed by atoms with Crippen molar-refractivity contribution >= 4 is 61.7 Å². The van der Waals surface area contributed by atoms with Crippen LogP contribution in [-0.2, 0) is 43.4 Å². The summed E-state index contributed by atoms with van der Waals surface area (Å²) in [6.45, 7) is 0.604. The molecule has 3 aliphatic heterocycles. The first-order valence-electron chi connectivity index (χ1n) is 10.3. The molecule has 3 saturated heterocycles. The van der Waals surface area contributed by atoms with Crippen molar-refractivity contribution in [3.05, 3.63) is 11.1 Å². The highest BCUT2D eigenvalue weighted by Crippen LogP contribution is 2.50. The fourth-order valence-corrected chi connectivity index (χ4v) is 7.24. The van der Waals surface area contributed by atoms with Crippen LogP contribution >= 0.6 is 11.3 Å². The third kappa shape index (κ3) is 3.91. The van der Waals surface area contributed by atoms with Gasteiger partial charge in [-0.25, -0.2) is 23.0 Å². The Bertz CT molecular complexity index is 1310. The van der Waals surface area contributed by atoms with E-state index in [2.05, 4.69) is 15.5 Å². The smallest absolute Gasteiger partial charge is 0.370 e. The summed E-state index contributed by atoms with van der Waals surface area (Å²) in [6.07, 6.45) is -1.90. The number of carboxylic acid groups (broad SMARTS) is 2. The molecule has 3 fully saturated rings. The van der Waals surface area contributed by atoms with Gasteiger partial charge in [0.2, 0.25) is 12.0 Å². The summed E-state index contributed by atoms with van der Waals surface area (Å²) < 4.78 is 30.7. The number of ether oxygens (including phenoxy) is 1. The Morgan fingerprint density at radius 1 is 1.42 bits per heavy atom. The molecule has 194 valence electrons. The maximum Gasteiger partial charge on any atom is 0.370 e. The number of esters is 1. The SMILES string of the molecule is C[C@@H](O/N=C(\C(=O)NC[C@@H]1C(=O)N2[C@@H]1S(=O)(=O)C[C@@H]1CC(=O)O[C@@]12C(=O)O)c1csc(N)n1)C(=O)O. The number of oxime groups is 1. The number of carbonyl (C=O) groups excluding carboxylic acids is 3. The Balaban J connectivity index is 1.55. The predicted molar refractivity (Wildman–Crippen MR) is 117 cm³/mol. The molecule has 18 heteroatoms. The molecule has 0 saturated carbocycles. The minimum Gasteiger partial charge on any atom is -0.478 e. The number of aromatic nitrogens is 1. The van der Waals surface area contributed by atoms with Gasteiger partial charge >= 0.3 is 17.9 Å². The molecule has 5 atom stereocenters. The molecule has 0 spiro atoms. The molecule has 0 aromatic carbocycles. The van der Waals surface area contributed by atoms with Crippen molar-refractivity contribution in [2.45, 2.75) is 30.5 Å². The van der Waals surface area contributed by atoms with Crippen LogP contribution in [0, 0.1) is 11.8 Å². The van der Waals surface area contributed by atoms with Gasteiger partial charge in [-0.3, -0.25) is 19.3 Å². The predicted octanol–water partition coefficient (Wildman–Crippen LogP) is -2.41. The number of fused-ring (bicyclic) bond motifs is 3. The Morgan fingerprint density at radius 2 is 2.11 bits per heavy atom. The molecule has 0 unspecified atom stereocenters. The number of β-lactam (4-membered cyclic amide) rings is 1. The standard InChI is InChI=1S/C18H19N5O11S2/c1-6(15(27)28)34-22-11(9-4-35-17(19)21-9)12(25)20-3-8-13(26)23-14(8)36(31,32)5-7-2-10(24)33-18(7,23)16(29)30/h4,6-8,14H,2-3,5H2,1H3,(H2,19,21)(H,20,25)(H,27,28)(H,29,30)/b22-11-/t6-,7+,8-,14-,18-/m1/s1. The Labute approximate surface area is 205 Å². The van der Waals surface area contributed by atoms with Crippen molar-refractivity contribution in [3.8, 4) is 0 Å². The normalized spacial score (nSPS) is 29.3. The zero-order chi connectivity index (χ0) is 26.6. The summed E-state index contributed by atoms with van der Waals surface area (Å²) in [4.78, 5) is 69.8. The van der Waals surface area contributed by atoms with E-state index in [1.54, 1.807) is 0 Å². The van der Waals surface area contributed by atoms with Gasteiger partial charge in [0.05, 0.1) is 24.0 Å². The summed E-state index contributed by atoms with van der Waals surface area (Å²) in [5.41, 5.74) is 2.58. The minimum atomic E-state index is -4.09. The number of aliphatic carboxylic acids is 2. The maximum absolute atomic E-state index is 12.9. The molecule has 4 rings (SSSR count). The van der Waals surface area contributed by atoms with Crippen LogP contribution in [0.1, 0.15) is 19.0 Å². The van der Waals surface area contributed by atoms with Crippen LogP contribution in [0.3, 0.4) is 0 Å². The lowest BCUT2D eigenvalue weighted by Crippen LogP contribution is -2.80. The number of anilines is 1. The molecule has 16 nitrogen and oxygen atoms in total. The molecule has 5 N–H and O–H groups in total. The molecule has 36 heavy (non-hydrogen) atoms. The molecule has 0 radical (unpaired) electrons. The number of nitrogens with two attached hydrogens (primary N) is 1. The van der Waals surface area contributed by atoms with Crippen LogP contribution in [0.5, 0.6) is 0 Å². The fourth-order valence-electron chi connectivity index (χ4n) is 4.30. The third-order valence-corrected chi connectivity index (χ3v) is 8.78. The van der Waals surface area contributed by atoms with Crippen LogP contribution in [0.25, 0.3) is 0 Å². The Morgan fingerprint density at radius 3 is 2.69 bits per heavy atom. The van der Waals surface area contributed by atoms with Crippen molar-refractivity contribution in [1.29, 1.82) is 0 Å². The van der Waals surface area contributed by atoms with Gasteiger partial charge in [0.15, 0.2) is 26.1 Å². The number of thiazole rings is 1. The van der Waals surface area contributed by atoms with E-state index in [-0.39, 0.29) is 10.8 Å². The van der Waals surface area contributed by atoms with Gasteiger partial charge in [0.1, 0.15) is 5.69 Å². The van der Waals surface area contributed by atoms with E-state index in [0.29, 0.717) is 4.90 Å². The van der Waals surface area contributed by atoms with E-state index < -0.39 is 93.0 Å². The molecule has 0 bridgehead atoms. The number of amides is 2. The number of rotatable bonds is 8. The zero-order valence-corrected chi connectivity index (χ0v) is 19.9. The second-order valence-corrected chi connectivity index (χ2v) is 11.3. The highest BCUT2D eigenvalue weighted by Gasteiger charge is 2.74. The van der Waals surface area contributed by atoms with Crippen molar-refractivity contribution in [2.24, 2.45) is 17.0 Å². The number of carboxylic acids is 2. The Hall–Kier alpha value is -3.80. The number of nitrogens with zero attached hydrogens (tertiary/aromatic N) is 3. The lowest BCUT2D eigenvalue weighted by molar-refractivity contribution is -0.220. The van der Waals surface area contributed by atoms with Gasteiger partial charge in [-0.2, -0.15) is 0 Å². The summed E-state index contributed by atoms with van der Waals surface area (Å²) >= 11 is 0.954. The first kappa shape index (κ1) is 25.3. The van der Waals surface area contributed by atoms with Gasteiger partial charge < -0.3 is 30.8 Å². The van der Waals surface area contributed by atoms with E-state index in [4.69, 9.17) is 20.4 Å². The van der Waals surface area contributed by atoms with E-state index in [9.17, 15) is 37.5 Å². The Kier molecular flexibility index (Phi) is 6.11. The van der Waals surface area contributed by atoms with Crippen molar-refractivity contribution in [2.75, 3.05) is 18.0 Å². The van der Waals surface area contributed by atoms with Crippen LogP contribution in [-0.4, -0.2) is 93.4 Å². The van der Waals surface area contributed by atoms with Gasteiger partial charge in [-0.1, -0.05) is 5.16 Å². The lowest BCUT2D eigenvalue weighted by atomic mass is 9.86. The molecule has 4 heterocycles. The number of nitrogen functional groups attached to an aromatic ring is 1. The zero-order valence-electron chi connectivity index (χ0n) is 18.3. The van der Waals surface area contributed by atoms with Crippen molar-refractivity contribution in [1.82, 2.24) is 15.2 Å². The molecular weight excluding hydrogens is 526 g/mol. The second kappa shape index (κ2) is 8.70. The molecule has 0 aliphatic carbocycles. The average molecular weight is 546 g/mol. The fraction of sp³-hybridized carbons (Fsp3) is 0.500. The van der Waals surface area contributed by atoms with E-state index in [1.807, 2.05) is 0 Å². The highest BCUT2D eigenvalue weighted by atomic mass is 32.2. The summed E-state index contributed by atoms with van der Waals surface area (Å²) in [6, 6.07) is 0. The van der Waals surface area contributed by atoms with Crippen molar-refractivity contribution in [3.63, 3.8) is 0 Å². The van der Waals surface area contributed by atoms with Gasteiger partial charge in [-0.15, -0.1) is 11.3 Å². The summed E-state index contributed by atoms with van der Waals surface area (Å²) in [7, 11) is -4.09. The molecular formula is C18H19N5O11S2. The largest absolute Gasteiger partial charge is 0.478 e. The van der Waals surface area contributed by atoms with Crippen LogP contribution in [0.2, 0.25) is 0 Å². The molecule has 3 aliphatic rings. The quantitative estimate of drug-likeness (QED) is 0.115. The number of nitrogens with one attached hydrogen (secondary N) is 1. The van der Waals surface area contributed by atoms with Crippen LogP contribution in [0.4, 0.5) is 5.13 Å². The highest BCUT2D eigenvalue weighted by molar-refractivity contribution is 7.92. The molecule has 2 amide bonds. The number of hydrogen-bond acceptors (Lipinski definition) is 13. The first-order chi connectivity index (χ1) is 16.8. The molecule has 1 aromatic heterocycles. The topological polar surface area (TPSA) is 245 Å². The van der Waals surface area contributed by atoms with Gasteiger partial charge in [0, 0.05) is 11.9 Å². The van der Waals surface area contributed by atoms with Gasteiger partial charge in [0.25, 0.3) is 11.6 Å². The van der Waals surface area contributed by atoms with Crippen LogP contribution < -0.4 is 11.1 Å². The van der Waals surface area contributed by atoms with Crippen LogP contribution in [0.15, 0.2) is 10.5 Å². The number of sulfone groups is 1. The van der Waals surface area contributed by atoms with E-state index >= 15 is 0 Å². The third-order valence-electron chi connectivity index (χ3n) is 5.97. The molecule has 1 aromatic rings. The van der Waals surface area contributed by atoms with Crippen molar-refractivity contribution < 1.29 is 52.2 Å². The van der Waals surface area contributed by atoms with E-state index in [1.165, 1.54) is 5.38 Å². The van der Waals surface area contributed by atoms with E-state index in [0.717, 1.165) is 18.3 Å². The summed E-state index contributed by atoms with van der Waals surface area (Å²) in [5.74, 6) is -9.27. The monoisotopic (exact) mass is 545 g/mol. The number of carbonyl (C=O) groups is 5. The summed E-state index contributed by atoms with van der Waals surface area (Å²) in [5, 5.41) is 24.3. The number of hydrogen-bond donors (Lipinski definition) is 4. The maximum atomic E-state index is 12.9. The second-order valence-electron chi connectivity index (χ2n) is 8.22. The lowest BCUT2D eigenvalue weighted by Gasteiger charge is -2.56.